The van der Waals surface area contributed by atoms with E-state index in [1.807, 2.05) is 6.92 Å². The highest BCUT2D eigenvalue weighted by Gasteiger charge is 2.67. The Kier molecular flexibility index (Phi) is 4.91. The van der Waals surface area contributed by atoms with Gasteiger partial charge >= 0.3 is 0 Å². The van der Waals surface area contributed by atoms with Crippen molar-refractivity contribution in [3.05, 3.63) is 35.4 Å². The van der Waals surface area contributed by atoms with Crippen molar-refractivity contribution in [3.63, 3.8) is 0 Å². The minimum absolute atomic E-state index is 0.0387. The normalized spacial score (nSPS) is 37.6. The number of ether oxygens (including phenoxy) is 1. The summed E-state index contributed by atoms with van der Waals surface area (Å²) in [5.74, 6) is -3.48. The van der Waals surface area contributed by atoms with E-state index in [-0.39, 0.29) is 12.0 Å². The second-order valence-electron chi connectivity index (χ2n) is 5.83. The van der Waals surface area contributed by atoms with Crippen molar-refractivity contribution in [3.8, 4) is 0 Å². The zero-order valence-electron chi connectivity index (χ0n) is 13.0. The van der Waals surface area contributed by atoms with Gasteiger partial charge in [-0.3, -0.25) is 4.79 Å². The molecule has 1 aliphatic rings. The highest BCUT2D eigenvalue weighted by Crippen LogP contribution is 2.44. The zero-order valence-corrected chi connectivity index (χ0v) is 13.0. The van der Waals surface area contributed by atoms with Crippen LogP contribution in [-0.2, 0) is 15.3 Å². The van der Waals surface area contributed by atoms with E-state index >= 15 is 0 Å². The quantitative estimate of drug-likeness (QED) is 0.478. The van der Waals surface area contributed by atoms with Crippen LogP contribution in [0, 0.1) is 6.92 Å². The largest absolute Gasteiger partial charge is 0.394 e. The second kappa shape index (κ2) is 6.27. The van der Waals surface area contributed by atoms with Crippen LogP contribution < -0.4 is 0 Å². The Hall–Kier alpha value is -1.35. The maximum atomic E-state index is 12.3. The first-order valence-corrected chi connectivity index (χ1v) is 7.42. The van der Waals surface area contributed by atoms with E-state index in [1.165, 1.54) is 19.1 Å². The van der Waals surface area contributed by atoms with E-state index in [2.05, 4.69) is 0 Å². The Bertz CT molecular complexity index is 572. The summed E-state index contributed by atoms with van der Waals surface area (Å²) in [5, 5.41) is 51.3. The highest BCUT2D eigenvalue weighted by atomic mass is 16.7. The predicted octanol–water partition coefficient (Wildman–Crippen LogP) is -1.04. The monoisotopic (exact) mass is 326 g/mol. The second-order valence-corrected chi connectivity index (χ2v) is 5.83. The first kappa shape index (κ1) is 18.0. The molecule has 1 aliphatic heterocycles. The summed E-state index contributed by atoms with van der Waals surface area (Å²) in [6.45, 7) is 2.56. The topological polar surface area (TPSA) is 127 Å². The molecule has 5 atom stereocenters. The van der Waals surface area contributed by atoms with Gasteiger partial charge in [0.25, 0.3) is 0 Å². The van der Waals surface area contributed by atoms with E-state index in [9.17, 15) is 30.3 Å². The molecule has 5 N–H and O–H groups in total. The average molecular weight is 326 g/mol. The molecule has 0 spiro atoms. The van der Waals surface area contributed by atoms with Crippen LogP contribution in [-0.4, -0.2) is 61.8 Å². The average Bonchev–Trinajstić information content (AvgIpc) is 2.56. The highest BCUT2D eigenvalue weighted by molar-refractivity contribution is 5.89. The molecule has 0 aliphatic carbocycles. The smallest absolute Gasteiger partial charge is 0.232 e. The zero-order chi connectivity index (χ0) is 17.4. The predicted molar refractivity (Wildman–Crippen MR) is 79.3 cm³/mol. The summed E-state index contributed by atoms with van der Waals surface area (Å²) in [7, 11) is 0. The Balaban J connectivity index is 2.62. The lowest BCUT2D eigenvalue weighted by Gasteiger charge is -2.52. The van der Waals surface area contributed by atoms with Gasteiger partial charge < -0.3 is 30.3 Å². The van der Waals surface area contributed by atoms with E-state index in [0.29, 0.717) is 0 Å². The SMILES string of the molecule is CCC(=O)[C@@]1(O)[C@@H](O)[C@H](O)[C@@H](CO)O[C@@]1(O)c1ccc(C)cc1. The van der Waals surface area contributed by atoms with E-state index in [4.69, 9.17) is 4.74 Å². The lowest BCUT2D eigenvalue weighted by molar-refractivity contribution is -0.384. The standard InChI is InChI=1S/C16H22O7/c1-3-12(18)15(21)14(20)13(19)11(8-17)23-16(15,22)10-6-4-9(2)5-7-10/h4-7,11,13-14,17,19-22H,3,8H2,1-2H3/t11-,13-,14+,15-,16+/m1/s1. The summed E-state index contributed by atoms with van der Waals surface area (Å²) in [6, 6.07) is 6.17. The van der Waals surface area contributed by atoms with E-state index in [1.54, 1.807) is 12.1 Å². The summed E-state index contributed by atoms with van der Waals surface area (Å²) in [4.78, 5) is 12.3. The molecule has 7 nitrogen and oxygen atoms in total. The number of benzene rings is 1. The van der Waals surface area contributed by atoms with Gasteiger partial charge in [-0.2, -0.15) is 0 Å². The van der Waals surface area contributed by atoms with Crippen molar-refractivity contribution < 1.29 is 35.1 Å². The van der Waals surface area contributed by atoms with Crippen molar-refractivity contribution in [2.45, 2.75) is 50.0 Å². The van der Waals surface area contributed by atoms with Crippen molar-refractivity contribution in [1.29, 1.82) is 0 Å². The minimum atomic E-state index is -2.76. The van der Waals surface area contributed by atoms with Crippen molar-refractivity contribution >= 4 is 5.78 Å². The number of ketones is 1. The van der Waals surface area contributed by atoms with E-state index < -0.39 is 42.1 Å². The van der Waals surface area contributed by atoms with Crippen molar-refractivity contribution in [2.75, 3.05) is 6.61 Å². The lowest BCUT2D eigenvalue weighted by Crippen LogP contribution is -2.74. The van der Waals surface area contributed by atoms with Crippen LogP contribution in [0.5, 0.6) is 0 Å². The Morgan fingerprint density at radius 2 is 1.78 bits per heavy atom. The van der Waals surface area contributed by atoms with Crippen LogP contribution in [0.15, 0.2) is 24.3 Å². The number of carbonyl (C=O) groups is 1. The molecule has 0 saturated carbocycles. The van der Waals surface area contributed by atoms with Gasteiger partial charge in [0.05, 0.1) is 6.61 Å². The molecule has 1 fully saturated rings. The summed E-state index contributed by atoms with van der Waals surface area (Å²) in [5.41, 5.74) is -1.85. The van der Waals surface area contributed by atoms with Gasteiger partial charge in [-0.15, -0.1) is 0 Å². The Morgan fingerprint density at radius 1 is 1.22 bits per heavy atom. The molecule has 1 saturated heterocycles. The van der Waals surface area contributed by atoms with Crippen molar-refractivity contribution in [2.24, 2.45) is 0 Å². The van der Waals surface area contributed by atoms with Gasteiger partial charge in [0.15, 0.2) is 5.78 Å². The van der Waals surface area contributed by atoms with Gasteiger partial charge in [0.2, 0.25) is 11.4 Å². The van der Waals surface area contributed by atoms with E-state index in [0.717, 1.165) is 5.56 Å². The van der Waals surface area contributed by atoms with Crippen molar-refractivity contribution in [1.82, 2.24) is 0 Å². The summed E-state index contributed by atoms with van der Waals surface area (Å²) < 4.78 is 5.30. The molecule has 0 radical (unpaired) electrons. The molecule has 0 amide bonds. The fourth-order valence-electron chi connectivity index (χ4n) is 2.87. The molecule has 2 rings (SSSR count). The fraction of sp³-hybridized carbons (Fsp3) is 0.562. The summed E-state index contributed by atoms with van der Waals surface area (Å²) >= 11 is 0. The number of rotatable bonds is 4. The summed E-state index contributed by atoms with van der Waals surface area (Å²) in [6.07, 6.45) is -5.30. The van der Waals surface area contributed by atoms with Gasteiger partial charge in [-0.25, -0.2) is 0 Å². The minimum Gasteiger partial charge on any atom is -0.394 e. The van der Waals surface area contributed by atoms with Crippen LogP contribution >= 0.6 is 0 Å². The van der Waals surface area contributed by atoms with Crippen LogP contribution in [0.4, 0.5) is 0 Å². The first-order chi connectivity index (χ1) is 10.7. The van der Waals surface area contributed by atoms with Crippen LogP contribution in [0.2, 0.25) is 0 Å². The number of aliphatic hydroxyl groups is 5. The molecule has 1 aromatic carbocycles. The van der Waals surface area contributed by atoms with Crippen LogP contribution in [0.25, 0.3) is 0 Å². The Morgan fingerprint density at radius 3 is 2.26 bits per heavy atom. The number of carbonyl (C=O) groups excluding carboxylic acids is 1. The number of hydrogen-bond donors (Lipinski definition) is 5. The fourth-order valence-corrected chi connectivity index (χ4v) is 2.87. The van der Waals surface area contributed by atoms with Gasteiger partial charge in [-0.1, -0.05) is 36.8 Å². The number of hydrogen-bond acceptors (Lipinski definition) is 7. The van der Waals surface area contributed by atoms with Gasteiger partial charge in [0, 0.05) is 12.0 Å². The maximum absolute atomic E-state index is 12.3. The number of aliphatic hydroxyl groups excluding tert-OH is 3. The molecule has 7 heteroatoms. The molecule has 23 heavy (non-hydrogen) atoms. The third kappa shape index (κ3) is 2.59. The number of Topliss-reactive ketones (excluding diaryl/α,β-unsaturated/α-hetero) is 1. The first-order valence-electron chi connectivity index (χ1n) is 7.42. The molecule has 1 heterocycles. The molecular weight excluding hydrogens is 304 g/mol. The lowest BCUT2D eigenvalue weighted by atomic mass is 9.73. The molecule has 0 aromatic heterocycles. The third-order valence-corrected chi connectivity index (χ3v) is 4.34. The number of aryl methyl sites for hydroxylation is 1. The molecular formula is C16H22O7. The molecule has 128 valence electrons. The van der Waals surface area contributed by atoms with Crippen LogP contribution in [0.1, 0.15) is 24.5 Å². The maximum Gasteiger partial charge on any atom is 0.232 e. The Labute approximate surface area is 133 Å². The third-order valence-electron chi connectivity index (χ3n) is 4.34. The van der Waals surface area contributed by atoms with Gasteiger partial charge in [-0.05, 0) is 6.92 Å². The molecule has 0 unspecified atom stereocenters. The molecule has 1 aromatic rings. The van der Waals surface area contributed by atoms with Gasteiger partial charge in [0.1, 0.15) is 18.3 Å². The van der Waals surface area contributed by atoms with Crippen LogP contribution in [0.3, 0.4) is 0 Å². The molecule has 0 bridgehead atoms.